The molecule has 108 valence electrons. The van der Waals surface area contributed by atoms with Crippen LogP contribution in [0.2, 0.25) is 0 Å². The van der Waals surface area contributed by atoms with E-state index in [0.29, 0.717) is 6.61 Å². The van der Waals surface area contributed by atoms with Gasteiger partial charge in [-0.2, -0.15) is 0 Å². The highest BCUT2D eigenvalue weighted by atomic mass is 16.5. The number of hydrogen-bond donors (Lipinski definition) is 2. The first kappa shape index (κ1) is 13.5. The number of carbonyl (C=O) groups is 1. The molecule has 0 radical (unpaired) electrons. The standard InChI is InChI=1S/C17H17NO3/c19-16(20)18-17(10-11-17)14-8-4-5-9-15(14)21-12-13-6-2-1-3-7-13/h1-9,18H,10-12H2,(H,19,20). The average Bonchev–Trinajstić information content (AvgIpc) is 3.26. The van der Waals surface area contributed by atoms with Crippen molar-refractivity contribution in [3.63, 3.8) is 0 Å². The van der Waals surface area contributed by atoms with Crippen molar-refractivity contribution in [3.8, 4) is 5.75 Å². The van der Waals surface area contributed by atoms with E-state index in [2.05, 4.69) is 5.32 Å². The van der Waals surface area contributed by atoms with Crippen LogP contribution < -0.4 is 10.1 Å². The maximum absolute atomic E-state index is 11.0. The summed E-state index contributed by atoms with van der Waals surface area (Å²) in [5, 5.41) is 11.6. The molecule has 4 nitrogen and oxygen atoms in total. The SMILES string of the molecule is O=C(O)NC1(c2ccccc2OCc2ccccc2)CC1. The Hall–Kier alpha value is -2.49. The summed E-state index contributed by atoms with van der Waals surface area (Å²) >= 11 is 0. The minimum Gasteiger partial charge on any atom is -0.489 e. The largest absolute Gasteiger partial charge is 0.489 e. The molecule has 3 rings (SSSR count). The molecular formula is C17H17NO3. The lowest BCUT2D eigenvalue weighted by Gasteiger charge is -2.19. The van der Waals surface area contributed by atoms with E-state index >= 15 is 0 Å². The monoisotopic (exact) mass is 283 g/mol. The van der Waals surface area contributed by atoms with Crippen LogP contribution in [-0.4, -0.2) is 11.2 Å². The van der Waals surface area contributed by atoms with Crippen LogP contribution in [0.1, 0.15) is 24.0 Å². The molecule has 0 atom stereocenters. The Bertz CT molecular complexity index is 635. The Morgan fingerprint density at radius 1 is 1.10 bits per heavy atom. The van der Waals surface area contributed by atoms with Gasteiger partial charge in [-0.3, -0.25) is 0 Å². The Morgan fingerprint density at radius 3 is 2.43 bits per heavy atom. The maximum atomic E-state index is 11.0. The normalized spacial score (nSPS) is 15.2. The highest BCUT2D eigenvalue weighted by Gasteiger charge is 2.47. The summed E-state index contributed by atoms with van der Waals surface area (Å²) in [5.74, 6) is 0.743. The number of ether oxygens (including phenoxy) is 1. The second kappa shape index (κ2) is 5.48. The fourth-order valence-corrected chi connectivity index (χ4v) is 2.51. The molecule has 0 aliphatic heterocycles. The molecule has 1 aliphatic carbocycles. The molecule has 0 bridgehead atoms. The van der Waals surface area contributed by atoms with Crippen molar-refractivity contribution < 1.29 is 14.6 Å². The molecule has 0 aromatic heterocycles. The van der Waals surface area contributed by atoms with Crippen LogP contribution in [-0.2, 0) is 12.1 Å². The van der Waals surface area contributed by atoms with Crippen LogP contribution in [0.25, 0.3) is 0 Å². The summed E-state index contributed by atoms with van der Waals surface area (Å²) in [4.78, 5) is 11.0. The van der Waals surface area contributed by atoms with Gasteiger partial charge in [0.15, 0.2) is 0 Å². The molecule has 0 heterocycles. The van der Waals surface area contributed by atoms with E-state index in [1.807, 2.05) is 54.6 Å². The number of nitrogens with one attached hydrogen (secondary N) is 1. The van der Waals surface area contributed by atoms with Gasteiger partial charge in [-0.15, -0.1) is 0 Å². The second-order valence-corrected chi connectivity index (χ2v) is 5.28. The first-order chi connectivity index (χ1) is 10.2. The van der Waals surface area contributed by atoms with Crippen molar-refractivity contribution in [1.82, 2.24) is 5.32 Å². The Morgan fingerprint density at radius 2 is 1.76 bits per heavy atom. The van der Waals surface area contributed by atoms with E-state index in [4.69, 9.17) is 9.84 Å². The van der Waals surface area contributed by atoms with Gasteiger partial charge >= 0.3 is 6.09 Å². The Kier molecular flexibility index (Phi) is 3.52. The topological polar surface area (TPSA) is 58.6 Å². The van der Waals surface area contributed by atoms with Gasteiger partial charge in [0, 0.05) is 5.56 Å². The Balaban J connectivity index is 1.79. The third-order valence-electron chi connectivity index (χ3n) is 3.74. The van der Waals surface area contributed by atoms with Crippen LogP contribution in [0.4, 0.5) is 4.79 Å². The zero-order valence-electron chi connectivity index (χ0n) is 11.6. The molecule has 21 heavy (non-hydrogen) atoms. The highest BCUT2D eigenvalue weighted by Crippen LogP contribution is 2.48. The summed E-state index contributed by atoms with van der Waals surface area (Å²) in [6.07, 6.45) is 0.626. The van der Waals surface area contributed by atoms with E-state index in [0.717, 1.165) is 29.7 Å². The molecule has 0 unspecified atom stereocenters. The minimum absolute atomic E-state index is 0.473. The molecule has 2 aromatic rings. The molecule has 1 saturated carbocycles. The van der Waals surface area contributed by atoms with E-state index < -0.39 is 11.6 Å². The molecule has 4 heteroatoms. The third-order valence-corrected chi connectivity index (χ3v) is 3.74. The molecule has 0 spiro atoms. The smallest absolute Gasteiger partial charge is 0.405 e. The van der Waals surface area contributed by atoms with Gasteiger partial charge in [-0.1, -0.05) is 48.5 Å². The molecule has 1 aliphatic rings. The van der Waals surface area contributed by atoms with Gasteiger partial charge in [-0.25, -0.2) is 4.79 Å². The van der Waals surface area contributed by atoms with Gasteiger partial charge in [0.2, 0.25) is 0 Å². The zero-order valence-corrected chi connectivity index (χ0v) is 11.6. The lowest BCUT2D eigenvalue weighted by Crippen LogP contribution is -2.33. The van der Waals surface area contributed by atoms with E-state index in [9.17, 15) is 4.79 Å². The minimum atomic E-state index is -0.995. The molecule has 2 aromatic carbocycles. The molecule has 1 fully saturated rings. The summed E-state index contributed by atoms with van der Waals surface area (Å²) in [7, 11) is 0. The Labute approximate surface area is 123 Å². The van der Waals surface area contributed by atoms with Crippen LogP contribution in [0.15, 0.2) is 54.6 Å². The maximum Gasteiger partial charge on any atom is 0.405 e. The fraction of sp³-hybridized carbons (Fsp3) is 0.235. The first-order valence-corrected chi connectivity index (χ1v) is 6.97. The number of hydrogen-bond acceptors (Lipinski definition) is 2. The zero-order chi connectivity index (χ0) is 14.7. The number of para-hydroxylation sites is 1. The summed E-state index contributed by atoms with van der Waals surface area (Å²) in [6, 6.07) is 17.6. The number of amides is 1. The van der Waals surface area contributed by atoms with Crippen LogP contribution in [0.5, 0.6) is 5.75 Å². The number of rotatable bonds is 5. The average molecular weight is 283 g/mol. The second-order valence-electron chi connectivity index (χ2n) is 5.28. The predicted molar refractivity (Wildman–Crippen MR) is 79.3 cm³/mol. The summed E-state index contributed by atoms with van der Waals surface area (Å²) in [6.45, 7) is 0.473. The van der Waals surface area contributed by atoms with Gasteiger partial charge in [-0.05, 0) is 24.5 Å². The predicted octanol–water partition coefficient (Wildman–Crippen LogP) is 3.52. The van der Waals surface area contributed by atoms with Gasteiger partial charge in [0.05, 0.1) is 5.54 Å². The van der Waals surface area contributed by atoms with Crippen molar-refractivity contribution >= 4 is 6.09 Å². The lowest BCUT2D eigenvalue weighted by molar-refractivity contribution is 0.188. The highest BCUT2D eigenvalue weighted by molar-refractivity contribution is 5.67. The fourth-order valence-electron chi connectivity index (χ4n) is 2.51. The molecule has 1 amide bonds. The number of carboxylic acid groups (broad SMARTS) is 1. The van der Waals surface area contributed by atoms with E-state index in [1.54, 1.807) is 0 Å². The molecular weight excluding hydrogens is 266 g/mol. The lowest BCUT2D eigenvalue weighted by atomic mass is 10.0. The van der Waals surface area contributed by atoms with Crippen molar-refractivity contribution in [2.45, 2.75) is 25.0 Å². The van der Waals surface area contributed by atoms with Gasteiger partial charge < -0.3 is 15.2 Å². The molecule has 2 N–H and O–H groups in total. The quantitative estimate of drug-likeness (QED) is 0.882. The molecule has 0 saturated heterocycles. The van der Waals surface area contributed by atoms with Crippen molar-refractivity contribution in [3.05, 3.63) is 65.7 Å². The first-order valence-electron chi connectivity index (χ1n) is 6.97. The van der Waals surface area contributed by atoms with Crippen LogP contribution in [0, 0.1) is 0 Å². The number of benzene rings is 2. The van der Waals surface area contributed by atoms with Crippen LogP contribution in [0.3, 0.4) is 0 Å². The summed E-state index contributed by atoms with van der Waals surface area (Å²) < 4.78 is 5.90. The summed E-state index contributed by atoms with van der Waals surface area (Å²) in [5.41, 5.74) is 1.53. The van der Waals surface area contributed by atoms with Crippen molar-refractivity contribution in [2.24, 2.45) is 0 Å². The third kappa shape index (κ3) is 2.99. The van der Waals surface area contributed by atoms with Crippen molar-refractivity contribution in [1.29, 1.82) is 0 Å². The van der Waals surface area contributed by atoms with Crippen LogP contribution >= 0.6 is 0 Å². The van der Waals surface area contributed by atoms with E-state index in [1.165, 1.54) is 0 Å². The van der Waals surface area contributed by atoms with Crippen molar-refractivity contribution in [2.75, 3.05) is 0 Å². The van der Waals surface area contributed by atoms with E-state index in [-0.39, 0.29) is 0 Å². The van der Waals surface area contributed by atoms with Gasteiger partial charge in [0.1, 0.15) is 12.4 Å². The van der Waals surface area contributed by atoms with Gasteiger partial charge in [0.25, 0.3) is 0 Å².